The van der Waals surface area contributed by atoms with Crippen LogP contribution in [0.15, 0.2) is 55.4 Å². The molecular weight excluding hydrogens is 508 g/mol. The maximum Gasteiger partial charge on any atom is 0.257 e. The van der Waals surface area contributed by atoms with Crippen molar-refractivity contribution >= 4 is 34.1 Å². The van der Waals surface area contributed by atoms with Gasteiger partial charge in [-0.1, -0.05) is 0 Å². The summed E-state index contributed by atoms with van der Waals surface area (Å²) in [4.78, 5) is 33.0. The molecule has 5 aromatic heterocycles. The normalized spacial score (nSPS) is 14.3. The zero-order valence-corrected chi connectivity index (χ0v) is 20.7. The Hall–Kier alpha value is -4.65. The smallest absolute Gasteiger partial charge is 0.257 e. The van der Waals surface area contributed by atoms with Gasteiger partial charge < -0.3 is 20.9 Å². The number of piperidine rings is 1. The summed E-state index contributed by atoms with van der Waals surface area (Å²) in [5, 5.41) is 17.7. The minimum absolute atomic E-state index is 0.181. The third-order valence-electron chi connectivity index (χ3n) is 6.83. The van der Waals surface area contributed by atoms with Crippen molar-refractivity contribution in [3.05, 3.63) is 66.5 Å². The van der Waals surface area contributed by atoms with E-state index in [9.17, 15) is 18.4 Å². The molecule has 1 saturated heterocycles. The maximum absolute atomic E-state index is 13.1. The zero-order valence-electron chi connectivity index (χ0n) is 20.7. The Morgan fingerprint density at radius 1 is 1.10 bits per heavy atom. The van der Waals surface area contributed by atoms with Crippen LogP contribution in [0.2, 0.25) is 0 Å². The van der Waals surface area contributed by atoms with Gasteiger partial charge in [0.05, 0.1) is 47.3 Å². The van der Waals surface area contributed by atoms with Crippen molar-refractivity contribution in [2.24, 2.45) is 0 Å². The number of amides is 2. The predicted molar refractivity (Wildman–Crippen MR) is 140 cm³/mol. The Balaban J connectivity index is 1.26. The largest absolute Gasteiger partial charge is 0.346 e. The first-order valence-corrected chi connectivity index (χ1v) is 12.5. The fourth-order valence-corrected chi connectivity index (χ4v) is 4.83. The van der Waals surface area contributed by atoms with E-state index in [1.54, 1.807) is 30.7 Å². The first kappa shape index (κ1) is 24.7. The number of carbonyl (C=O) groups excluding carboxylic acids is 2. The number of pyridine rings is 2. The summed E-state index contributed by atoms with van der Waals surface area (Å²) in [6.07, 6.45) is 9.09. The first-order chi connectivity index (χ1) is 19.0. The van der Waals surface area contributed by atoms with Gasteiger partial charge in [-0.15, -0.1) is 0 Å². The molecule has 39 heavy (non-hydrogen) atoms. The van der Waals surface area contributed by atoms with Crippen LogP contribution in [0.5, 0.6) is 0 Å². The number of carbonyl (C=O) groups is 2. The molecule has 0 radical (unpaired) electrons. The van der Waals surface area contributed by atoms with Crippen LogP contribution in [0.25, 0.3) is 27.7 Å². The van der Waals surface area contributed by atoms with Crippen LogP contribution < -0.4 is 16.0 Å². The summed E-state index contributed by atoms with van der Waals surface area (Å²) in [6, 6.07) is 5.61. The van der Waals surface area contributed by atoms with Gasteiger partial charge in [-0.25, -0.2) is 18.3 Å². The summed E-state index contributed by atoms with van der Waals surface area (Å²) in [5.41, 5.74) is 3.70. The Kier molecular flexibility index (Phi) is 6.49. The maximum atomic E-state index is 13.1. The Labute approximate surface area is 220 Å². The van der Waals surface area contributed by atoms with Crippen LogP contribution in [-0.2, 0) is 0 Å². The standard InChI is InChI=1S/C26H25F2N9O2/c27-23(28)13-32-26(39)21-12-34-36-6-3-15(8-22(21)36)20-11-31-24-19(20)7-16(9-30-24)25(38)35-17-10-33-37(14-17)18-1-4-29-5-2-18/h3,6-12,14,18,23,29H,1-2,4-5,13H2,(H,30,31)(H,32,39)(H,35,38). The Bertz CT molecular complexity index is 1670. The lowest BCUT2D eigenvalue weighted by atomic mass is 10.0. The number of nitrogens with zero attached hydrogens (tertiary/aromatic N) is 5. The molecule has 1 fully saturated rings. The molecule has 11 nitrogen and oxygen atoms in total. The summed E-state index contributed by atoms with van der Waals surface area (Å²) in [7, 11) is 0. The van der Waals surface area contributed by atoms with Crippen molar-refractivity contribution in [3.8, 4) is 11.1 Å². The second-order valence-corrected chi connectivity index (χ2v) is 9.37. The second kappa shape index (κ2) is 10.3. The molecule has 1 aliphatic rings. The summed E-state index contributed by atoms with van der Waals surface area (Å²) < 4.78 is 28.5. The molecule has 13 heteroatoms. The summed E-state index contributed by atoms with van der Waals surface area (Å²) >= 11 is 0. The molecule has 6 rings (SSSR count). The van der Waals surface area contributed by atoms with Crippen molar-refractivity contribution in [1.29, 1.82) is 0 Å². The lowest BCUT2D eigenvalue weighted by Crippen LogP contribution is -2.29. The van der Waals surface area contributed by atoms with Gasteiger partial charge in [0.2, 0.25) is 0 Å². The zero-order chi connectivity index (χ0) is 26.9. The molecule has 6 heterocycles. The van der Waals surface area contributed by atoms with Crippen molar-refractivity contribution in [2.75, 3.05) is 25.0 Å². The molecule has 5 aromatic rings. The third-order valence-corrected chi connectivity index (χ3v) is 6.83. The Morgan fingerprint density at radius 2 is 1.95 bits per heavy atom. The van der Waals surface area contributed by atoms with E-state index in [1.165, 1.54) is 16.9 Å². The van der Waals surface area contributed by atoms with Crippen LogP contribution in [0.1, 0.15) is 39.6 Å². The summed E-state index contributed by atoms with van der Waals surface area (Å²) in [6.45, 7) is 1.14. The molecule has 0 unspecified atom stereocenters. The number of H-pyrrole nitrogens is 1. The highest BCUT2D eigenvalue weighted by atomic mass is 19.3. The van der Waals surface area contributed by atoms with E-state index in [4.69, 9.17) is 0 Å². The van der Waals surface area contributed by atoms with Crippen LogP contribution in [0.3, 0.4) is 0 Å². The van der Waals surface area contributed by atoms with E-state index in [-0.39, 0.29) is 11.5 Å². The monoisotopic (exact) mass is 533 g/mol. The number of fused-ring (bicyclic) bond motifs is 2. The molecule has 200 valence electrons. The fraction of sp³-hybridized carbons (Fsp3) is 0.269. The van der Waals surface area contributed by atoms with Crippen molar-refractivity contribution in [1.82, 2.24) is 40.0 Å². The minimum atomic E-state index is -2.65. The van der Waals surface area contributed by atoms with Gasteiger partial charge >= 0.3 is 0 Å². The van der Waals surface area contributed by atoms with Gasteiger partial charge in [0.25, 0.3) is 18.2 Å². The van der Waals surface area contributed by atoms with Crippen molar-refractivity contribution in [2.45, 2.75) is 25.3 Å². The number of hydrogen-bond acceptors (Lipinski definition) is 6. The molecule has 0 bridgehead atoms. The second-order valence-electron chi connectivity index (χ2n) is 9.37. The number of aromatic nitrogens is 6. The van der Waals surface area contributed by atoms with Gasteiger partial charge in [-0.05, 0) is 49.7 Å². The van der Waals surface area contributed by atoms with E-state index in [2.05, 4.69) is 36.1 Å². The molecule has 2 amide bonds. The van der Waals surface area contributed by atoms with E-state index < -0.39 is 18.9 Å². The highest BCUT2D eigenvalue weighted by Crippen LogP contribution is 2.30. The summed E-state index contributed by atoms with van der Waals surface area (Å²) in [5.74, 6) is -0.948. The number of halogens is 2. The lowest BCUT2D eigenvalue weighted by Gasteiger charge is -2.22. The number of hydrogen-bond donors (Lipinski definition) is 4. The van der Waals surface area contributed by atoms with Crippen LogP contribution in [0.4, 0.5) is 14.5 Å². The van der Waals surface area contributed by atoms with E-state index in [0.29, 0.717) is 33.8 Å². The molecule has 1 aliphatic heterocycles. The average Bonchev–Trinajstić information content (AvgIpc) is 3.70. The van der Waals surface area contributed by atoms with E-state index in [1.807, 2.05) is 16.9 Å². The van der Waals surface area contributed by atoms with Gasteiger partial charge in [0.1, 0.15) is 5.65 Å². The van der Waals surface area contributed by atoms with Gasteiger partial charge in [-0.3, -0.25) is 14.3 Å². The molecule has 0 saturated carbocycles. The topological polar surface area (TPSA) is 134 Å². The number of aromatic amines is 1. The number of nitrogens with one attached hydrogen (secondary N) is 4. The third kappa shape index (κ3) is 4.95. The van der Waals surface area contributed by atoms with E-state index in [0.717, 1.165) is 37.1 Å². The van der Waals surface area contributed by atoms with Crippen LogP contribution >= 0.6 is 0 Å². The number of anilines is 1. The van der Waals surface area contributed by atoms with Crippen LogP contribution in [-0.4, -0.2) is 67.2 Å². The average molecular weight is 534 g/mol. The molecule has 0 spiro atoms. The van der Waals surface area contributed by atoms with Crippen LogP contribution in [0, 0.1) is 0 Å². The molecule has 0 atom stereocenters. The molecule has 4 N–H and O–H groups in total. The van der Waals surface area contributed by atoms with Gasteiger partial charge in [0, 0.05) is 35.7 Å². The van der Waals surface area contributed by atoms with Crippen molar-refractivity contribution in [3.63, 3.8) is 0 Å². The Morgan fingerprint density at radius 3 is 2.77 bits per heavy atom. The lowest BCUT2D eigenvalue weighted by molar-refractivity contribution is 0.0893. The SMILES string of the molecule is O=C(Nc1cnn(C2CCNCC2)c1)c1cnc2[nH]cc(-c3ccn4ncc(C(=O)NCC(F)F)c4c3)c2c1. The molecular formula is C26H25F2N9O2. The fourth-order valence-electron chi connectivity index (χ4n) is 4.83. The van der Waals surface area contributed by atoms with Crippen molar-refractivity contribution < 1.29 is 18.4 Å². The molecule has 0 aliphatic carbocycles. The molecule has 0 aromatic carbocycles. The van der Waals surface area contributed by atoms with Gasteiger partial charge in [-0.2, -0.15) is 10.2 Å². The number of rotatable bonds is 7. The highest BCUT2D eigenvalue weighted by Gasteiger charge is 2.19. The van der Waals surface area contributed by atoms with Gasteiger partial charge in [0.15, 0.2) is 0 Å². The van der Waals surface area contributed by atoms with E-state index >= 15 is 0 Å². The first-order valence-electron chi connectivity index (χ1n) is 12.5. The quantitative estimate of drug-likeness (QED) is 0.254. The predicted octanol–water partition coefficient (Wildman–Crippen LogP) is 3.25. The highest BCUT2D eigenvalue weighted by molar-refractivity contribution is 6.07. The number of alkyl halides is 2. The minimum Gasteiger partial charge on any atom is -0.346 e.